The van der Waals surface area contributed by atoms with Crippen molar-refractivity contribution < 1.29 is 24.6 Å². The van der Waals surface area contributed by atoms with Gasteiger partial charge in [-0.2, -0.15) is 0 Å². The third-order valence-electron chi connectivity index (χ3n) is 4.64. The van der Waals surface area contributed by atoms with Crippen LogP contribution >= 0.6 is 0 Å². The van der Waals surface area contributed by atoms with E-state index in [4.69, 9.17) is 10.2 Å². The third kappa shape index (κ3) is 15.5. The highest BCUT2D eigenvalue weighted by atomic mass is 16.3. The normalized spacial score (nSPS) is 11.1. The zero-order valence-corrected chi connectivity index (χ0v) is 17.5. The van der Waals surface area contributed by atoms with Gasteiger partial charge in [0.15, 0.2) is 11.6 Å². The highest BCUT2D eigenvalue weighted by Gasteiger charge is 2.11. The molecule has 0 aromatic heterocycles. The smallest absolute Gasteiger partial charge is 0.222 e. The molecule has 0 heterocycles. The topological polar surface area (TPSA) is 94.9 Å². The molecule has 0 aromatic carbocycles. The molecule has 0 unspecified atom stereocenters. The van der Waals surface area contributed by atoms with Crippen LogP contribution in [0.25, 0.3) is 0 Å². The van der Waals surface area contributed by atoms with Gasteiger partial charge in [-0.15, -0.1) is 0 Å². The monoisotopic (exact) mass is 397 g/mol. The highest BCUT2D eigenvalue weighted by molar-refractivity contribution is 5.98. The Balaban J connectivity index is 3.71. The molecule has 0 spiro atoms. The fraction of sp³-hybridized carbons (Fsp3) is 0.773. The molecular weight excluding hydrogens is 358 g/mol. The van der Waals surface area contributed by atoms with Gasteiger partial charge >= 0.3 is 0 Å². The van der Waals surface area contributed by atoms with Gasteiger partial charge in [0.2, 0.25) is 5.91 Å². The first kappa shape index (κ1) is 26.5. The predicted octanol–water partition coefficient (Wildman–Crippen LogP) is 3.20. The van der Waals surface area contributed by atoms with E-state index in [-0.39, 0.29) is 43.8 Å². The van der Waals surface area contributed by atoms with E-state index in [2.05, 4.69) is 6.92 Å². The molecule has 0 radical (unpaired) electrons. The van der Waals surface area contributed by atoms with Crippen LogP contribution < -0.4 is 0 Å². The van der Waals surface area contributed by atoms with Crippen molar-refractivity contribution in [1.29, 1.82) is 0 Å². The number of aliphatic hydroxyl groups excluding tert-OH is 2. The molecule has 0 saturated carbocycles. The minimum Gasteiger partial charge on any atom is -0.395 e. The average Bonchev–Trinajstić information content (AvgIpc) is 2.68. The number of rotatable bonds is 19. The molecule has 1 amide bonds. The number of hydrogen-bond acceptors (Lipinski definition) is 5. The Kier molecular flexibility index (Phi) is 17.8. The summed E-state index contributed by atoms with van der Waals surface area (Å²) in [7, 11) is 0. The lowest BCUT2D eigenvalue weighted by atomic mass is 10.1. The van der Waals surface area contributed by atoms with Gasteiger partial charge in [-0.1, -0.05) is 45.4 Å². The molecule has 28 heavy (non-hydrogen) atoms. The van der Waals surface area contributed by atoms with Crippen molar-refractivity contribution in [3.05, 3.63) is 12.2 Å². The summed E-state index contributed by atoms with van der Waals surface area (Å²) in [6.45, 7) is 2.45. The van der Waals surface area contributed by atoms with Crippen LogP contribution in [0.2, 0.25) is 0 Å². The Labute approximate surface area is 170 Å². The molecule has 0 aliphatic rings. The van der Waals surface area contributed by atoms with Gasteiger partial charge in [0.1, 0.15) is 0 Å². The molecule has 0 atom stereocenters. The number of unbranched alkanes of at least 4 members (excludes halogenated alkanes) is 7. The number of carbonyl (C=O) groups is 3. The van der Waals surface area contributed by atoms with Crippen LogP contribution in [0.3, 0.4) is 0 Å². The number of ketones is 2. The molecule has 0 aromatic rings. The van der Waals surface area contributed by atoms with Crippen LogP contribution in [0, 0.1) is 0 Å². The minimum absolute atomic E-state index is 0.000680. The largest absolute Gasteiger partial charge is 0.395 e. The van der Waals surface area contributed by atoms with E-state index in [0.29, 0.717) is 19.3 Å². The molecule has 0 aliphatic heterocycles. The zero-order valence-electron chi connectivity index (χ0n) is 17.5. The van der Waals surface area contributed by atoms with E-state index in [9.17, 15) is 14.4 Å². The highest BCUT2D eigenvalue weighted by Crippen LogP contribution is 2.09. The Morgan fingerprint density at radius 3 is 1.57 bits per heavy atom. The number of amides is 1. The molecule has 0 fully saturated rings. The Hall–Kier alpha value is -1.53. The first-order chi connectivity index (χ1) is 13.5. The number of allylic oxidation sites excluding steroid dienone is 2. The lowest BCUT2D eigenvalue weighted by Gasteiger charge is -2.20. The quantitative estimate of drug-likeness (QED) is 0.258. The third-order valence-corrected chi connectivity index (χ3v) is 4.64. The lowest BCUT2D eigenvalue weighted by molar-refractivity contribution is -0.132. The Bertz CT molecular complexity index is 456. The van der Waals surface area contributed by atoms with Crippen LogP contribution in [-0.2, 0) is 14.4 Å². The van der Waals surface area contributed by atoms with Gasteiger partial charge in [0.25, 0.3) is 0 Å². The van der Waals surface area contributed by atoms with Crippen molar-refractivity contribution in [2.45, 2.75) is 84.0 Å². The van der Waals surface area contributed by atoms with Gasteiger partial charge in [0, 0.05) is 32.4 Å². The lowest BCUT2D eigenvalue weighted by Crippen LogP contribution is -2.35. The Morgan fingerprint density at radius 2 is 1.11 bits per heavy atom. The average molecular weight is 398 g/mol. The van der Waals surface area contributed by atoms with Gasteiger partial charge in [0.05, 0.1) is 13.2 Å². The SMILES string of the molecule is CCCCCCC(=O)/C=C/C(=O)CCCCCCCC(=O)N(CCO)CCO. The molecule has 0 saturated heterocycles. The standard InChI is InChI=1S/C22H39NO5/c1-2-3-4-8-11-20(26)14-15-21(27)12-9-6-5-7-10-13-22(28)23(16-18-24)17-19-25/h14-15,24-25H,2-13,16-19H2,1H3/b15-14+. The second-order valence-electron chi connectivity index (χ2n) is 7.17. The molecule has 162 valence electrons. The maximum absolute atomic E-state index is 12.0. The number of nitrogens with zero attached hydrogens (tertiary/aromatic N) is 1. The van der Waals surface area contributed by atoms with E-state index in [1.807, 2.05) is 0 Å². The van der Waals surface area contributed by atoms with Crippen molar-refractivity contribution in [2.24, 2.45) is 0 Å². The van der Waals surface area contributed by atoms with Crippen LogP contribution in [0.4, 0.5) is 0 Å². The fourth-order valence-electron chi connectivity index (χ4n) is 2.95. The zero-order chi connectivity index (χ0) is 21.0. The van der Waals surface area contributed by atoms with Gasteiger partial charge < -0.3 is 15.1 Å². The summed E-state index contributed by atoms with van der Waals surface area (Å²) in [5.41, 5.74) is 0. The second-order valence-corrected chi connectivity index (χ2v) is 7.17. The minimum atomic E-state index is -0.0985. The van der Waals surface area contributed by atoms with Crippen molar-refractivity contribution in [1.82, 2.24) is 4.90 Å². The van der Waals surface area contributed by atoms with E-state index in [1.54, 1.807) is 0 Å². The first-order valence-electron chi connectivity index (χ1n) is 10.8. The summed E-state index contributed by atoms with van der Waals surface area (Å²) in [6.07, 6.45) is 12.9. The first-order valence-corrected chi connectivity index (χ1v) is 10.8. The summed E-state index contributed by atoms with van der Waals surface area (Å²) in [4.78, 5) is 36.8. The number of aliphatic hydroxyl groups is 2. The van der Waals surface area contributed by atoms with E-state index in [0.717, 1.165) is 57.8 Å². The van der Waals surface area contributed by atoms with Gasteiger partial charge in [-0.05, 0) is 31.4 Å². The van der Waals surface area contributed by atoms with E-state index in [1.165, 1.54) is 17.1 Å². The van der Waals surface area contributed by atoms with Crippen LogP contribution in [0.1, 0.15) is 84.0 Å². The summed E-state index contributed by atoms with van der Waals surface area (Å²) in [5.74, 6) is -0.00549. The molecule has 0 aliphatic carbocycles. The second kappa shape index (κ2) is 18.8. The molecule has 6 heteroatoms. The predicted molar refractivity (Wildman–Crippen MR) is 111 cm³/mol. The maximum Gasteiger partial charge on any atom is 0.222 e. The van der Waals surface area contributed by atoms with Crippen molar-refractivity contribution in [2.75, 3.05) is 26.3 Å². The number of hydrogen-bond donors (Lipinski definition) is 2. The summed E-state index contributed by atoms with van der Waals surface area (Å²) in [5, 5.41) is 17.9. The van der Waals surface area contributed by atoms with Crippen LogP contribution in [-0.4, -0.2) is 58.9 Å². The Morgan fingerprint density at radius 1 is 0.679 bits per heavy atom. The van der Waals surface area contributed by atoms with Gasteiger partial charge in [-0.3, -0.25) is 14.4 Å². The molecule has 0 bridgehead atoms. The van der Waals surface area contributed by atoms with Crippen molar-refractivity contribution in [3.63, 3.8) is 0 Å². The maximum atomic E-state index is 12.0. The molecule has 0 rings (SSSR count). The van der Waals surface area contributed by atoms with Crippen LogP contribution in [0.5, 0.6) is 0 Å². The van der Waals surface area contributed by atoms with Gasteiger partial charge in [-0.25, -0.2) is 0 Å². The molecule has 6 nitrogen and oxygen atoms in total. The summed E-state index contributed by atoms with van der Waals surface area (Å²) >= 11 is 0. The summed E-state index contributed by atoms with van der Waals surface area (Å²) < 4.78 is 0. The summed E-state index contributed by atoms with van der Waals surface area (Å²) in [6, 6.07) is 0. The van der Waals surface area contributed by atoms with E-state index >= 15 is 0 Å². The molecule has 2 N–H and O–H groups in total. The molecular formula is C22H39NO5. The van der Waals surface area contributed by atoms with Crippen molar-refractivity contribution in [3.8, 4) is 0 Å². The van der Waals surface area contributed by atoms with Crippen LogP contribution in [0.15, 0.2) is 12.2 Å². The fourth-order valence-corrected chi connectivity index (χ4v) is 2.95. The number of carbonyl (C=O) groups excluding carboxylic acids is 3. The van der Waals surface area contributed by atoms with Crippen molar-refractivity contribution >= 4 is 17.5 Å². The van der Waals surface area contributed by atoms with E-state index < -0.39 is 0 Å².